The summed E-state index contributed by atoms with van der Waals surface area (Å²) in [5.41, 5.74) is 0.665. The molecule has 76 valence electrons. The van der Waals surface area contributed by atoms with Gasteiger partial charge in [-0.15, -0.1) is 0 Å². The standard InChI is InChI=1S/C11H20O2/c1-5-7-11(3,13-4)8-6-10(2)9-12/h6,9H,5,7-8H2,1-4H3/b10-6+. The first-order valence-corrected chi connectivity index (χ1v) is 4.75. The Morgan fingerprint density at radius 3 is 2.54 bits per heavy atom. The topological polar surface area (TPSA) is 26.3 Å². The fraction of sp³-hybridized carbons (Fsp3) is 0.727. The van der Waals surface area contributed by atoms with Crippen molar-refractivity contribution in [1.29, 1.82) is 0 Å². The van der Waals surface area contributed by atoms with Gasteiger partial charge in [0.25, 0.3) is 0 Å². The molecule has 0 fully saturated rings. The second kappa shape index (κ2) is 5.92. The van der Waals surface area contributed by atoms with E-state index in [4.69, 9.17) is 4.74 Å². The van der Waals surface area contributed by atoms with Gasteiger partial charge >= 0.3 is 0 Å². The molecular weight excluding hydrogens is 164 g/mol. The zero-order chi connectivity index (χ0) is 10.3. The summed E-state index contributed by atoms with van der Waals surface area (Å²) in [5.74, 6) is 0. The molecule has 2 nitrogen and oxygen atoms in total. The smallest absolute Gasteiger partial charge is 0.145 e. The summed E-state index contributed by atoms with van der Waals surface area (Å²) in [7, 11) is 1.72. The normalized spacial score (nSPS) is 16.8. The predicted molar refractivity (Wildman–Crippen MR) is 54.8 cm³/mol. The number of rotatable bonds is 6. The van der Waals surface area contributed by atoms with Gasteiger partial charge in [-0.1, -0.05) is 19.4 Å². The molecule has 0 aliphatic rings. The third-order valence-corrected chi connectivity index (χ3v) is 2.31. The van der Waals surface area contributed by atoms with Gasteiger partial charge in [0, 0.05) is 7.11 Å². The Morgan fingerprint density at radius 1 is 1.54 bits per heavy atom. The highest BCUT2D eigenvalue weighted by Crippen LogP contribution is 2.21. The maximum absolute atomic E-state index is 10.4. The number of hydrogen-bond donors (Lipinski definition) is 0. The summed E-state index contributed by atoms with van der Waals surface area (Å²) in [6, 6.07) is 0. The molecule has 0 spiro atoms. The molecule has 0 radical (unpaired) electrons. The third kappa shape index (κ3) is 4.83. The van der Waals surface area contributed by atoms with E-state index in [-0.39, 0.29) is 5.60 Å². The summed E-state index contributed by atoms with van der Waals surface area (Å²) in [5, 5.41) is 0. The number of methoxy groups -OCH3 is 1. The number of carbonyl (C=O) groups excluding carboxylic acids is 1. The number of carbonyl (C=O) groups is 1. The molecule has 2 heteroatoms. The van der Waals surface area contributed by atoms with Crippen molar-refractivity contribution >= 4 is 6.29 Å². The van der Waals surface area contributed by atoms with Gasteiger partial charge in [0.05, 0.1) is 5.60 Å². The molecule has 0 aliphatic carbocycles. The van der Waals surface area contributed by atoms with Crippen LogP contribution in [0.2, 0.25) is 0 Å². The lowest BCUT2D eigenvalue weighted by Crippen LogP contribution is -2.26. The molecule has 0 aromatic heterocycles. The quantitative estimate of drug-likeness (QED) is 0.468. The van der Waals surface area contributed by atoms with Crippen molar-refractivity contribution in [2.24, 2.45) is 0 Å². The van der Waals surface area contributed by atoms with E-state index in [0.29, 0.717) is 0 Å². The Morgan fingerprint density at radius 2 is 2.15 bits per heavy atom. The monoisotopic (exact) mass is 184 g/mol. The van der Waals surface area contributed by atoms with Crippen molar-refractivity contribution in [3.63, 3.8) is 0 Å². The summed E-state index contributed by atoms with van der Waals surface area (Å²) < 4.78 is 5.41. The molecule has 0 aliphatic heterocycles. The van der Waals surface area contributed by atoms with Crippen molar-refractivity contribution in [1.82, 2.24) is 0 Å². The minimum absolute atomic E-state index is 0.112. The van der Waals surface area contributed by atoms with Crippen LogP contribution >= 0.6 is 0 Å². The molecular formula is C11H20O2. The SMILES string of the molecule is CCCC(C)(C/C=C(\C)C=O)OC. The molecule has 1 unspecified atom stereocenters. The van der Waals surface area contributed by atoms with E-state index in [1.54, 1.807) is 7.11 Å². The Bertz CT molecular complexity index is 185. The van der Waals surface area contributed by atoms with Crippen LogP contribution in [-0.4, -0.2) is 19.0 Å². The Kier molecular flexibility index (Phi) is 5.63. The van der Waals surface area contributed by atoms with E-state index in [2.05, 4.69) is 13.8 Å². The molecule has 13 heavy (non-hydrogen) atoms. The highest BCUT2D eigenvalue weighted by atomic mass is 16.5. The second-order valence-electron chi connectivity index (χ2n) is 3.67. The zero-order valence-corrected chi connectivity index (χ0v) is 9.09. The molecule has 0 rings (SSSR count). The van der Waals surface area contributed by atoms with Crippen LogP contribution in [0.4, 0.5) is 0 Å². The molecule has 0 saturated carbocycles. The van der Waals surface area contributed by atoms with Crippen molar-refractivity contribution in [3.05, 3.63) is 11.6 Å². The maximum Gasteiger partial charge on any atom is 0.145 e. The van der Waals surface area contributed by atoms with Crippen LogP contribution in [0.5, 0.6) is 0 Å². The largest absolute Gasteiger partial charge is 0.378 e. The summed E-state index contributed by atoms with van der Waals surface area (Å²) in [6.07, 6.45) is 5.74. The molecule has 0 heterocycles. The summed E-state index contributed by atoms with van der Waals surface area (Å²) in [6.45, 7) is 6.02. The Balaban J connectivity index is 4.18. The van der Waals surface area contributed by atoms with Crippen LogP contribution < -0.4 is 0 Å². The predicted octanol–water partition coefficient (Wildman–Crippen LogP) is 2.73. The summed E-state index contributed by atoms with van der Waals surface area (Å²) >= 11 is 0. The van der Waals surface area contributed by atoms with Crippen LogP contribution in [0.15, 0.2) is 11.6 Å². The van der Waals surface area contributed by atoms with Gasteiger partial charge in [-0.25, -0.2) is 0 Å². The van der Waals surface area contributed by atoms with E-state index in [9.17, 15) is 4.79 Å². The molecule has 0 saturated heterocycles. The highest BCUT2D eigenvalue weighted by Gasteiger charge is 2.20. The first-order valence-electron chi connectivity index (χ1n) is 4.75. The Labute approximate surface area is 81.0 Å². The van der Waals surface area contributed by atoms with Gasteiger partial charge in [-0.3, -0.25) is 4.79 Å². The van der Waals surface area contributed by atoms with Crippen LogP contribution in [0.25, 0.3) is 0 Å². The molecule has 0 bridgehead atoms. The van der Waals surface area contributed by atoms with Gasteiger partial charge in [-0.05, 0) is 32.3 Å². The van der Waals surface area contributed by atoms with Crippen molar-refractivity contribution in [2.45, 2.75) is 45.6 Å². The third-order valence-electron chi connectivity index (χ3n) is 2.31. The van der Waals surface area contributed by atoms with Gasteiger partial charge in [0.1, 0.15) is 6.29 Å². The van der Waals surface area contributed by atoms with E-state index >= 15 is 0 Å². The van der Waals surface area contributed by atoms with E-state index in [1.165, 1.54) is 0 Å². The molecule has 0 N–H and O–H groups in total. The average molecular weight is 184 g/mol. The number of hydrogen-bond acceptors (Lipinski definition) is 2. The fourth-order valence-electron chi connectivity index (χ4n) is 1.24. The first kappa shape index (κ1) is 12.4. The van der Waals surface area contributed by atoms with Crippen molar-refractivity contribution < 1.29 is 9.53 Å². The van der Waals surface area contributed by atoms with Crippen LogP contribution in [0.3, 0.4) is 0 Å². The maximum atomic E-state index is 10.4. The molecule has 1 atom stereocenters. The minimum Gasteiger partial charge on any atom is -0.378 e. The minimum atomic E-state index is -0.112. The van der Waals surface area contributed by atoms with E-state index in [1.807, 2.05) is 13.0 Å². The molecule has 0 amide bonds. The van der Waals surface area contributed by atoms with Crippen LogP contribution in [-0.2, 0) is 9.53 Å². The lowest BCUT2D eigenvalue weighted by Gasteiger charge is -2.26. The van der Waals surface area contributed by atoms with E-state index in [0.717, 1.165) is 31.1 Å². The molecule has 0 aromatic carbocycles. The van der Waals surface area contributed by atoms with Crippen LogP contribution in [0, 0.1) is 0 Å². The summed E-state index contributed by atoms with van der Waals surface area (Å²) in [4.78, 5) is 10.4. The van der Waals surface area contributed by atoms with E-state index < -0.39 is 0 Å². The van der Waals surface area contributed by atoms with Gasteiger partial charge in [0.15, 0.2) is 0 Å². The highest BCUT2D eigenvalue weighted by molar-refractivity contribution is 5.71. The lowest BCUT2D eigenvalue weighted by molar-refractivity contribution is -0.104. The lowest BCUT2D eigenvalue weighted by atomic mass is 9.95. The first-order chi connectivity index (χ1) is 6.08. The number of aldehydes is 1. The van der Waals surface area contributed by atoms with Crippen molar-refractivity contribution in [2.75, 3.05) is 7.11 Å². The van der Waals surface area contributed by atoms with Crippen LogP contribution in [0.1, 0.15) is 40.0 Å². The van der Waals surface area contributed by atoms with Gasteiger partial charge in [0.2, 0.25) is 0 Å². The zero-order valence-electron chi connectivity index (χ0n) is 9.09. The fourth-order valence-corrected chi connectivity index (χ4v) is 1.24. The average Bonchev–Trinajstić information content (AvgIpc) is 2.15. The molecule has 0 aromatic rings. The van der Waals surface area contributed by atoms with Gasteiger partial charge < -0.3 is 4.74 Å². The second-order valence-corrected chi connectivity index (χ2v) is 3.67. The number of ether oxygens (including phenoxy) is 1. The Hall–Kier alpha value is -0.630. The van der Waals surface area contributed by atoms with Crippen molar-refractivity contribution in [3.8, 4) is 0 Å². The van der Waals surface area contributed by atoms with Gasteiger partial charge in [-0.2, -0.15) is 0 Å². The number of allylic oxidation sites excluding steroid dienone is 1.